The molecular formula is C25H30N6O2. The molecule has 0 unspecified atom stereocenters. The highest BCUT2D eigenvalue weighted by atomic mass is 16.5. The number of amides is 1. The highest BCUT2D eigenvalue weighted by molar-refractivity contribution is 5.93. The molecule has 0 radical (unpaired) electrons. The number of nitrogens with zero attached hydrogens (tertiary/aromatic N) is 4. The summed E-state index contributed by atoms with van der Waals surface area (Å²) in [5.74, 6) is 2.56. The van der Waals surface area contributed by atoms with Crippen molar-refractivity contribution in [3.8, 4) is 17.0 Å². The Morgan fingerprint density at radius 1 is 1.15 bits per heavy atom. The van der Waals surface area contributed by atoms with Crippen LogP contribution in [-0.2, 0) is 12.8 Å². The molecule has 8 heteroatoms. The van der Waals surface area contributed by atoms with Gasteiger partial charge in [0, 0.05) is 36.0 Å². The molecule has 2 aromatic heterocycles. The molecule has 172 valence electrons. The number of carbonyl (C=O) groups is 1. The number of aryl methyl sites for hydroxylation is 2. The maximum atomic E-state index is 12.9. The molecule has 1 aliphatic carbocycles. The first-order valence-corrected chi connectivity index (χ1v) is 11.7. The van der Waals surface area contributed by atoms with Crippen molar-refractivity contribution in [1.29, 1.82) is 0 Å². The molecule has 1 saturated heterocycles. The lowest BCUT2D eigenvalue weighted by molar-refractivity contribution is 0.0926. The highest BCUT2D eigenvalue weighted by Crippen LogP contribution is 2.30. The quantitative estimate of drug-likeness (QED) is 0.623. The SMILES string of the molecule is COc1ccccc1-c1cc(C(=O)NC2CCN(c3nc(C)nc4c3CCCC4)CC2)[nH]n1. The van der Waals surface area contributed by atoms with Gasteiger partial charge in [0.25, 0.3) is 5.91 Å². The van der Waals surface area contributed by atoms with Crippen molar-refractivity contribution in [3.05, 3.63) is 53.1 Å². The topological polar surface area (TPSA) is 96.0 Å². The van der Waals surface area contributed by atoms with Crippen LogP contribution in [0.1, 0.15) is 53.3 Å². The maximum Gasteiger partial charge on any atom is 0.269 e. The minimum absolute atomic E-state index is 0.127. The van der Waals surface area contributed by atoms with Gasteiger partial charge >= 0.3 is 0 Å². The van der Waals surface area contributed by atoms with Gasteiger partial charge in [-0.15, -0.1) is 0 Å². The van der Waals surface area contributed by atoms with E-state index in [1.54, 1.807) is 13.2 Å². The average molecular weight is 447 g/mol. The van der Waals surface area contributed by atoms with Crippen molar-refractivity contribution in [2.24, 2.45) is 0 Å². The number of para-hydroxylation sites is 1. The van der Waals surface area contributed by atoms with Crippen molar-refractivity contribution in [1.82, 2.24) is 25.5 Å². The lowest BCUT2D eigenvalue weighted by Gasteiger charge is -2.35. The van der Waals surface area contributed by atoms with Crippen LogP contribution in [0.25, 0.3) is 11.3 Å². The molecule has 8 nitrogen and oxygen atoms in total. The Bertz CT molecular complexity index is 1150. The summed E-state index contributed by atoms with van der Waals surface area (Å²) in [5.41, 5.74) is 4.56. The van der Waals surface area contributed by atoms with Gasteiger partial charge in [0.2, 0.25) is 0 Å². The summed E-state index contributed by atoms with van der Waals surface area (Å²) in [5, 5.41) is 10.4. The molecule has 2 N–H and O–H groups in total. The predicted molar refractivity (Wildman–Crippen MR) is 127 cm³/mol. The Morgan fingerprint density at radius 2 is 1.94 bits per heavy atom. The van der Waals surface area contributed by atoms with E-state index in [0.717, 1.165) is 61.7 Å². The molecular weight excluding hydrogens is 416 g/mol. The van der Waals surface area contributed by atoms with Crippen LogP contribution in [0.15, 0.2) is 30.3 Å². The molecule has 5 rings (SSSR count). The van der Waals surface area contributed by atoms with E-state index in [9.17, 15) is 4.79 Å². The summed E-state index contributed by atoms with van der Waals surface area (Å²) >= 11 is 0. The zero-order valence-electron chi connectivity index (χ0n) is 19.2. The van der Waals surface area contributed by atoms with Gasteiger partial charge < -0.3 is 15.0 Å². The monoisotopic (exact) mass is 446 g/mol. The maximum absolute atomic E-state index is 12.9. The van der Waals surface area contributed by atoms with Gasteiger partial charge in [0.1, 0.15) is 23.1 Å². The van der Waals surface area contributed by atoms with Gasteiger partial charge in [-0.25, -0.2) is 9.97 Å². The highest BCUT2D eigenvalue weighted by Gasteiger charge is 2.26. The zero-order chi connectivity index (χ0) is 22.8. The number of benzene rings is 1. The molecule has 0 saturated carbocycles. The van der Waals surface area contributed by atoms with Crippen molar-refractivity contribution in [3.63, 3.8) is 0 Å². The molecule has 1 amide bonds. The summed E-state index contributed by atoms with van der Waals surface area (Å²) in [6.45, 7) is 3.74. The molecule has 1 aromatic carbocycles. The van der Waals surface area contributed by atoms with Crippen LogP contribution in [0.5, 0.6) is 5.75 Å². The van der Waals surface area contributed by atoms with Crippen LogP contribution in [0, 0.1) is 6.92 Å². The molecule has 0 bridgehead atoms. The number of methoxy groups -OCH3 is 1. The average Bonchev–Trinajstić information content (AvgIpc) is 3.34. The van der Waals surface area contributed by atoms with E-state index in [2.05, 4.69) is 25.4 Å². The first-order valence-electron chi connectivity index (χ1n) is 11.7. The van der Waals surface area contributed by atoms with Crippen molar-refractivity contribution in [2.75, 3.05) is 25.1 Å². The second-order valence-electron chi connectivity index (χ2n) is 8.83. The minimum Gasteiger partial charge on any atom is -0.496 e. The predicted octanol–water partition coefficient (Wildman–Crippen LogP) is 3.46. The number of rotatable bonds is 5. The van der Waals surface area contributed by atoms with E-state index in [4.69, 9.17) is 9.72 Å². The fourth-order valence-corrected chi connectivity index (χ4v) is 4.89. The lowest BCUT2D eigenvalue weighted by atomic mass is 9.95. The van der Waals surface area contributed by atoms with Gasteiger partial charge in [0.15, 0.2) is 0 Å². The molecule has 33 heavy (non-hydrogen) atoms. The number of fused-ring (bicyclic) bond motifs is 1. The van der Waals surface area contributed by atoms with Crippen molar-refractivity contribution in [2.45, 2.75) is 51.5 Å². The summed E-state index contributed by atoms with van der Waals surface area (Å²) in [7, 11) is 1.63. The van der Waals surface area contributed by atoms with Crippen LogP contribution in [0.2, 0.25) is 0 Å². The number of carbonyl (C=O) groups excluding carboxylic acids is 1. The smallest absolute Gasteiger partial charge is 0.269 e. The third-order valence-corrected chi connectivity index (χ3v) is 6.61. The minimum atomic E-state index is -0.127. The Morgan fingerprint density at radius 3 is 2.76 bits per heavy atom. The van der Waals surface area contributed by atoms with E-state index in [0.29, 0.717) is 11.4 Å². The number of hydrogen-bond donors (Lipinski definition) is 2. The Hall–Kier alpha value is -3.42. The molecule has 3 aromatic rings. The standard InChI is InChI=1S/C25H30N6O2/c1-16-26-20-9-5-3-8-19(20)24(27-16)31-13-11-17(12-14-31)28-25(32)22-15-21(29-30-22)18-7-4-6-10-23(18)33-2/h4,6-7,10,15,17H,3,5,8-9,11-14H2,1-2H3,(H,28,32)(H,29,30). The first kappa shape index (κ1) is 21.4. The number of aromatic amines is 1. The first-order chi connectivity index (χ1) is 16.1. The summed E-state index contributed by atoms with van der Waals surface area (Å²) in [4.78, 5) is 24.7. The van der Waals surface area contributed by atoms with E-state index in [-0.39, 0.29) is 11.9 Å². The third-order valence-electron chi connectivity index (χ3n) is 6.61. The molecule has 3 heterocycles. The summed E-state index contributed by atoms with van der Waals surface area (Å²) < 4.78 is 5.41. The second-order valence-corrected chi connectivity index (χ2v) is 8.83. The van der Waals surface area contributed by atoms with Gasteiger partial charge in [0.05, 0.1) is 12.8 Å². The molecule has 0 atom stereocenters. The number of aromatic nitrogens is 4. The van der Waals surface area contributed by atoms with Gasteiger partial charge in [-0.1, -0.05) is 12.1 Å². The zero-order valence-corrected chi connectivity index (χ0v) is 19.2. The van der Waals surface area contributed by atoms with Gasteiger partial charge in [-0.05, 0) is 63.6 Å². The van der Waals surface area contributed by atoms with E-state index >= 15 is 0 Å². The van der Waals surface area contributed by atoms with Gasteiger partial charge in [-0.3, -0.25) is 9.89 Å². The lowest BCUT2D eigenvalue weighted by Crippen LogP contribution is -2.45. The fraction of sp³-hybridized carbons (Fsp3) is 0.440. The molecule has 1 aliphatic heterocycles. The van der Waals surface area contributed by atoms with E-state index in [1.807, 2.05) is 31.2 Å². The number of anilines is 1. The van der Waals surface area contributed by atoms with Crippen LogP contribution in [0.4, 0.5) is 5.82 Å². The third kappa shape index (κ3) is 4.42. The second kappa shape index (κ2) is 9.21. The van der Waals surface area contributed by atoms with Crippen molar-refractivity contribution >= 4 is 11.7 Å². The van der Waals surface area contributed by atoms with E-state index in [1.165, 1.54) is 24.1 Å². The normalized spacial score (nSPS) is 16.4. The Balaban J connectivity index is 1.22. The van der Waals surface area contributed by atoms with Crippen molar-refractivity contribution < 1.29 is 9.53 Å². The molecule has 2 aliphatic rings. The van der Waals surface area contributed by atoms with Crippen LogP contribution in [-0.4, -0.2) is 52.3 Å². The largest absolute Gasteiger partial charge is 0.496 e. The van der Waals surface area contributed by atoms with Crippen LogP contribution in [0.3, 0.4) is 0 Å². The van der Waals surface area contributed by atoms with Crippen LogP contribution < -0.4 is 15.0 Å². The molecule has 1 fully saturated rings. The Labute approximate surface area is 193 Å². The summed E-state index contributed by atoms with van der Waals surface area (Å²) in [6, 6.07) is 9.56. The number of piperidine rings is 1. The number of nitrogens with one attached hydrogen (secondary N) is 2. The van der Waals surface area contributed by atoms with E-state index < -0.39 is 0 Å². The van der Waals surface area contributed by atoms with Crippen LogP contribution >= 0.6 is 0 Å². The summed E-state index contributed by atoms with van der Waals surface area (Å²) in [6.07, 6.45) is 6.31. The fourth-order valence-electron chi connectivity index (χ4n) is 4.89. The Kier molecular flexibility index (Phi) is 5.98. The number of hydrogen-bond acceptors (Lipinski definition) is 6. The van der Waals surface area contributed by atoms with Gasteiger partial charge in [-0.2, -0.15) is 5.10 Å². The molecule has 0 spiro atoms. The number of H-pyrrole nitrogens is 1. The number of ether oxygens (including phenoxy) is 1.